The highest BCUT2D eigenvalue weighted by Gasteiger charge is 2.17. The third-order valence-electron chi connectivity index (χ3n) is 4.46. The zero-order chi connectivity index (χ0) is 17.8. The van der Waals surface area contributed by atoms with Gasteiger partial charge in [-0.3, -0.25) is 0 Å². The van der Waals surface area contributed by atoms with Crippen molar-refractivity contribution in [2.24, 2.45) is 5.41 Å². The molecule has 2 nitrogen and oxygen atoms in total. The molecule has 2 heteroatoms. The molecule has 0 aliphatic rings. The molecule has 0 spiro atoms. The minimum absolute atomic E-state index is 0.326. The molecule has 0 bridgehead atoms. The zero-order valence-electron chi connectivity index (χ0n) is 17.0. The maximum atomic E-state index is 2.60. The van der Waals surface area contributed by atoms with Gasteiger partial charge in [0.2, 0.25) is 0 Å². The topological polar surface area (TPSA) is 7.12 Å². The van der Waals surface area contributed by atoms with E-state index in [2.05, 4.69) is 68.6 Å². The molecule has 0 unspecified atom stereocenters. The molecule has 0 atom stereocenters. The number of unbranched alkanes of at least 4 members (excludes halogenated alkanes) is 6. The van der Waals surface area contributed by atoms with Crippen LogP contribution in [0.3, 0.4) is 0 Å². The van der Waals surface area contributed by atoms with E-state index in [0.717, 1.165) is 6.54 Å². The van der Waals surface area contributed by atoms with Crippen LogP contribution in [-0.4, -0.2) is 13.1 Å². The van der Waals surface area contributed by atoms with Gasteiger partial charge < -0.3 is 4.90 Å². The Morgan fingerprint density at radius 3 is 1.71 bits per heavy atom. The van der Waals surface area contributed by atoms with E-state index < -0.39 is 0 Å². The Morgan fingerprint density at radius 1 is 0.792 bits per heavy atom. The summed E-state index contributed by atoms with van der Waals surface area (Å²) in [6, 6.07) is 4.62. The highest BCUT2D eigenvalue weighted by molar-refractivity contribution is 5.43. The molecule has 0 saturated carbocycles. The van der Waals surface area contributed by atoms with Gasteiger partial charge in [0.1, 0.15) is 0 Å². The predicted octanol–water partition coefficient (Wildman–Crippen LogP) is 5.99. The van der Waals surface area contributed by atoms with Crippen LogP contribution in [0, 0.1) is 5.41 Å². The normalized spacial score (nSPS) is 11.7. The summed E-state index contributed by atoms with van der Waals surface area (Å²) in [4.78, 5) is 2.60. The van der Waals surface area contributed by atoms with Crippen molar-refractivity contribution in [2.75, 3.05) is 18.0 Å². The Kier molecular flexibility index (Phi) is 10.1. The van der Waals surface area contributed by atoms with E-state index in [1.807, 2.05) is 0 Å². The Balaban J connectivity index is 2.62. The first-order valence-corrected chi connectivity index (χ1v) is 10.2. The lowest BCUT2D eigenvalue weighted by molar-refractivity contribution is -0.708. The second-order valence-corrected chi connectivity index (χ2v) is 8.40. The molecule has 138 valence electrons. The predicted molar refractivity (Wildman–Crippen MR) is 107 cm³/mol. The molecule has 1 heterocycles. The van der Waals surface area contributed by atoms with E-state index in [9.17, 15) is 0 Å². The van der Waals surface area contributed by atoms with Crippen molar-refractivity contribution in [2.45, 2.75) is 92.5 Å². The summed E-state index contributed by atoms with van der Waals surface area (Å²) in [7, 11) is 0. The Bertz CT molecular complexity index is 405. The van der Waals surface area contributed by atoms with Crippen LogP contribution >= 0.6 is 0 Å². The minimum Gasteiger partial charge on any atom is -0.371 e. The van der Waals surface area contributed by atoms with Gasteiger partial charge in [0.25, 0.3) is 0 Å². The maximum absolute atomic E-state index is 2.60. The standard InChI is InChI=1S/C22H41N2/c1-6-8-10-12-16-24(17-13-11-9-7-2)21-14-18-23(19-15-21)20-22(3,4)5/h14-15,18-19H,6-13,16-17,20H2,1-5H3/q+1. The first kappa shape index (κ1) is 21.0. The summed E-state index contributed by atoms with van der Waals surface area (Å²) in [5.74, 6) is 0. The molecule has 0 radical (unpaired) electrons. The van der Waals surface area contributed by atoms with E-state index in [4.69, 9.17) is 0 Å². The van der Waals surface area contributed by atoms with E-state index in [1.54, 1.807) is 0 Å². The van der Waals surface area contributed by atoms with Crippen LogP contribution in [0.4, 0.5) is 5.69 Å². The van der Waals surface area contributed by atoms with Crippen molar-refractivity contribution < 1.29 is 4.57 Å². The highest BCUT2D eigenvalue weighted by Crippen LogP contribution is 2.17. The van der Waals surface area contributed by atoms with E-state index in [1.165, 1.54) is 70.1 Å². The number of anilines is 1. The second kappa shape index (κ2) is 11.5. The van der Waals surface area contributed by atoms with Gasteiger partial charge in [-0.05, 0) is 12.8 Å². The summed E-state index contributed by atoms with van der Waals surface area (Å²) in [6.45, 7) is 14.9. The molecule has 0 aliphatic heterocycles. The molecule has 0 N–H and O–H groups in total. The lowest BCUT2D eigenvalue weighted by atomic mass is 9.97. The fourth-order valence-electron chi connectivity index (χ4n) is 3.14. The van der Waals surface area contributed by atoms with Crippen LogP contribution in [0.1, 0.15) is 86.0 Å². The number of hydrogen-bond donors (Lipinski definition) is 0. The fourth-order valence-corrected chi connectivity index (χ4v) is 3.14. The van der Waals surface area contributed by atoms with E-state index >= 15 is 0 Å². The van der Waals surface area contributed by atoms with Crippen LogP contribution in [0.2, 0.25) is 0 Å². The van der Waals surface area contributed by atoms with Crippen LogP contribution in [0.25, 0.3) is 0 Å². The Morgan fingerprint density at radius 2 is 1.29 bits per heavy atom. The van der Waals surface area contributed by atoms with Crippen LogP contribution in [-0.2, 0) is 6.54 Å². The largest absolute Gasteiger partial charge is 0.371 e. The number of rotatable bonds is 12. The molecule has 0 aromatic carbocycles. The lowest BCUT2D eigenvalue weighted by Crippen LogP contribution is -2.39. The molecule has 0 aliphatic carbocycles. The van der Waals surface area contributed by atoms with Gasteiger partial charge in [-0.2, -0.15) is 0 Å². The molecule has 24 heavy (non-hydrogen) atoms. The number of nitrogens with zero attached hydrogens (tertiary/aromatic N) is 2. The molecule has 1 aromatic rings. The Labute approximate surface area is 151 Å². The molecule has 1 aromatic heterocycles. The molecular weight excluding hydrogens is 292 g/mol. The summed E-state index contributed by atoms with van der Waals surface area (Å²) in [5.41, 5.74) is 1.72. The first-order valence-electron chi connectivity index (χ1n) is 10.2. The molecule has 0 fully saturated rings. The van der Waals surface area contributed by atoms with Gasteiger partial charge in [0, 0.05) is 36.3 Å². The van der Waals surface area contributed by atoms with Crippen molar-refractivity contribution in [3.8, 4) is 0 Å². The third-order valence-corrected chi connectivity index (χ3v) is 4.46. The number of aromatic nitrogens is 1. The maximum Gasteiger partial charge on any atom is 0.170 e. The summed E-state index contributed by atoms with van der Waals surface area (Å²) in [5, 5.41) is 0. The molecule has 0 amide bonds. The van der Waals surface area contributed by atoms with Gasteiger partial charge in [0.15, 0.2) is 18.9 Å². The van der Waals surface area contributed by atoms with Crippen LogP contribution < -0.4 is 9.47 Å². The first-order chi connectivity index (χ1) is 11.5. The van der Waals surface area contributed by atoms with E-state index in [-0.39, 0.29) is 0 Å². The quantitative estimate of drug-likeness (QED) is 0.337. The lowest BCUT2D eigenvalue weighted by Gasteiger charge is -2.24. The molecular formula is C22H41N2+. The van der Waals surface area contributed by atoms with Crippen molar-refractivity contribution in [1.29, 1.82) is 0 Å². The minimum atomic E-state index is 0.326. The summed E-state index contributed by atoms with van der Waals surface area (Å²) < 4.78 is 2.32. The van der Waals surface area contributed by atoms with Gasteiger partial charge in [0.05, 0.1) is 0 Å². The van der Waals surface area contributed by atoms with E-state index in [0.29, 0.717) is 5.41 Å². The highest BCUT2D eigenvalue weighted by atomic mass is 15.1. The average Bonchev–Trinajstić information content (AvgIpc) is 2.53. The van der Waals surface area contributed by atoms with Crippen molar-refractivity contribution >= 4 is 5.69 Å². The van der Waals surface area contributed by atoms with Crippen molar-refractivity contribution in [3.05, 3.63) is 24.5 Å². The zero-order valence-corrected chi connectivity index (χ0v) is 17.0. The molecule has 1 rings (SSSR count). The van der Waals surface area contributed by atoms with Crippen molar-refractivity contribution in [3.63, 3.8) is 0 Å². The second-order valence-electron chi connectivity index (χ2n) is 8.40. The summed E-state index contributed by atoms with van der Waals surface area (Å²) >= 11 is 0. The summed E-state index contributed by atoms with van der Waals surface area (Å²) in [6.07, 6.45) is 15.2. The van der Waals surface area contributed by atoms with Gasteiger partial charge >= 0.3 is 0 Å². The van der Waals surface area contributed by atoms with Gasteiger partial charge in [-0.1, -0.05) is 73.1 Å². The third kappa shape index (κ3) is 9.30. The van der Waals surface area contributed by atoms with Gasteiger partial charge in [-0.15, -0.1) is 0 Å². The SMILES string of the molecule is CCCCCCN(CCCCCC)c1cc[n+](CC(C)(C)C)cc1. The average molecular weight is 334 g/mol. The van der Waals surface area contributed by atoms with Crippen LogP contribution in [0.15, 0.2) is 24.5 Å². The van der Waals surface area contributed by atoms with Gasteiger partial charge in [-0.25, -0.2) is 4.57 Å². The fraction of sp³-hybridized carbons (Fsp3) is 0.773. The number of hydrogen-bond acceptors (Lipinski definition) is 1. The Hall–Kier alpha value is -1.05. The number of pyridine rings is 1. The molecule has 0 saturated heterocycles. The monoisotopic (exact) mass is 333 g/mol. The van der Waals surface area contributed by atoms with Crippen molar-refractivity contribution in [1.82, 2.24) is 0 Å². The smallest absolute Gasteiger partial charge is 0.170 e. The van der Waals surface area contributed by atoms with Crippen LogP contribution in [0.5, 0.6) is 0 Å².